The molecule has 1 heterocycles. The summed E-state index contributed by atoms with van der Waals surface area (Å²) in [6.45, 7) is 0.112. The van der Waals surface area contributed by atoms with Crippen LogP contribution in [0.4, 0.5) is 5.69 Å². The summed E-state index contributed by atoms with van der Waals surface area (Å²) >= 11 is 0. The molecule has 0 atom stereocenters. The number of rotatable bonds is 10. The number of hydrogen-bond acceptors (Lipinski definition) is 7. The fraction of sp³-hybridized carbons (Fsp3) is 0.476. The summed E-state index contributed by atoms with van der Waals surface area (Å²) in [4.78, 5) is 43.3. The highest BCUT2D eigenvalue weighted by atomic mass is 16.9. The normalized spacial score (nSPS) is 12.8. The number of anilines is 1. The van der Waals surface area contributed by atoms with E-state index >= 15 is 0 Å². The summed E-state index contributed by atoms with van der Waals surface area (Å²) in [5.41, 5.74) is 3.79. The Bertz CT molecular complexity index is 930. The molecule has 0 radical (unpaired) electrons. The van der Waals surface area contributed by atoms with Gasteiger partial charge in [-0.1, -0.05) is 18.2 Å². The number of nitrogens with one attached hydrogen (secondary N) is 1. The summed E-state index contributed by atoms with van der Waals surface area (Å²) in [7, 11) is 0. The molecule has 1 aliphatic carbocycles. The molecule has 160 valence electrons. The fourth-order valence-electron chi connectivity index (χ4n) is 3.53. The van der Waals surface area contributed by atoms with Gasteiger partial charge < -0.3 is 14.9 Å². The number of pyridine rings is 1. The first-order chi connectivity index (χ1) is 14.5. The van der Waals surface area contributed by atoms with Crippen molar-refractivity contribution in [3.63, 3.8) is 0 Å². The topological polar surface area (TPSA) is 121 Å². The maximum Gasteiger partial charge on any atom is 0.306 e. The highest BCUT2D eigenvalue weighted by molar-refractivity contribution is 6.03. The van der Waals surface area contributed by atoms with Gasteiger partial charge in [0.25, 0.3) is 5.09 Å². The summed E-state index contributed by atoms with van der Waals surface area (Å²) < 4.78 is 5.06. The lowest BCUT2D eigenvalue weighted by Gasteiger charge is -2.21. The minimum atomic E-state index is -0.853. The smallest absolute Gasteiger partial charge is 0.306 e. The van der Waals surface area contributed by atoms with E-state index in [9.17, 15) is 19.7 Å². The van der Waals surface area contributed by atoms with Gasteiger partial charge in [0, 0.05) is 17.5 Å². The quantitative estimate of drug-likeness (QED) is 0.273. The van der Waals surface area contributed by atoms with Crippen LogP contribution < -0.4 is 5.32 Å². The molecule has 0 fully saturated rings. The third-order valence-corrected chi connectivity index (χ3v) is 4.99. The van der Waals surface area contributed by atoms with Crippen LogP contribution in [0.25, 0.3) is 10.9 Å². The van der Waals surface area contributed by atoms with E-state index in [2.05, 4.69) is 10.2 Å². The average molecular weight is 415 g/mol. The van der Waals surface area contributed by atoms with Gasteiger partial charge in [-0.25, -0.2) is 0 Å². The fourth-order valence-corrected chi connectivity index (χ4v) is 3.53. The number of para-hydroxylation sites is 1. The Morgan fingerprint density at radius 1 is 1.10 bits per heavy atom. The maximum absolute atomic E-state index is 12.5. The third-order valence-electron chi connectivity index (χ3n) is 4.99. The zero-order chi connectivity index (χ0) is 21.3. The molecule has 0 saturated carbocycles. The van der Waals surface area contributed by atoms with Gasteiger partial charge in [-0.3, -0.25) is 14.6 Å². The summed E-state index contributed by atoms with van der Waals surface area (Å²) in [6, 6.07) is 7.73. The molecule has 0 spiro atoms. The van der Waals surface area contributed by atoms with Crippen LogP contribution in [0.5, 0.6) is 0 Å². The second-order valence-corrected chi connectivity index (χ2v) is 7.17. The van der Waals surface area contributed by atoms with Gasteiger partial charge in [0.15, 0.2) is 0 Å². The zero-order valence-corrected chi connectivity index (χ0v) is 16.7. The van der Waals surface area contributed by atoms with Crippen molar-refractivity contribution in [1.82, 2.24) is 4.98 Å². The van der Waals surface area contributed by atoms with E-state index in [0.29, 0.717) is 12.8 Å². The molecule has 9 nitrogen and oxygen atoms in total. The molecule has 0 unspecified atom stereocenters. The SMILES string of the molecule is O=C(CCC(=O)OCCCCO[N+](=O)[O-])Nc1c2c(nc3ccccc13)CCCC2. The molecule has 30 heavy (non-hydrogen) atoms. The number of amides is 1. The van der Waals surface area contributed by atoms with E-state index in [1.165, 1.54) is 0 Å². The molecule has 1 N–H and O–H groups in total. The van der Waals surface area contributed by atoms with Gasteiger partial charge in [0.05, 0.1) is 30.8 Å². The summed E-state index contributed by atoms with van der Waals surface area (Å²) in [5.74, 6) is -0.711. The number of aromatic nitrogens is 1. The number of carbonyl (C=O) groups is 2. The Morgan fingerprint density at radius 2 is 1.87 bits per heavy atom. The van der Waals surface area contributed by atoms with Gasteiger partial charge >= 0.3 is 5.97 Å². The number of nitrogens with zero attached hydrogens (tertiary/aromatic N) is 2. The minimum Gasteiger partial charge on any atom is -0.466 e. The highest BCUT2D eigenvalue weighted by Crippen LogP contribution is 2.33. The number of ether oxygens (including phenoxy) is 1. The van der Waals surface area contributed by atoms with E-state index in [1.54, 1.807) is 0 Å². The molecule has 1 aromatic carbocycles. The standard InChI is InChI=1S/C21H25N3O6/c25-19(11-12-20(26)29-13-5-6-14-30-24(27)28)23-21-15-7-1-3-9-17(15)22-18-10-4-2-8-16(18)21/h1,3,7,9H,2,4-6,8,10-14H2,(H,22,23,25). The lowest BCUT2D eigenvalue weighted by Crippen LogP contribution is -2.18. The lowest BCUT2D eigenvalue weighted by atomic mass is 9.92. The number of hydrogen-bond donors (Lipinski definition) is 1. The van der Waals surface area contributed by atoms with E-state index in [1.807, 2.05) is 24.3 Å². The van der Waals surface area contributed by atoms with Crippen LogP contribution in [0.1, 0.15) is 49.8 Å². The van der Waals surface area contributed by atoms with Crippen LogP contribution in [0.3, 0.4) is 0 Å². The van der Waals surface area contributed by atoms with Crippen molar-refractivity contribution in [2.75, 3.05) is 18.5 Å². The van der Waals surface area contributed by atoms with Crippen LogP contribution in [0.2, 0.25) is 0 Å². The van der Waals surface area contributed by atoms with Crippen LogP contribution >= 0.6 is 0 Å². The van der Waals surface area contributed by atoms with Gasteiger partial charge in [-0.15, -0.1) is 10.1 Å². The first-order valence-electron chi connectivity index (χ1n) is 10.2. The summed E-state index contributed by atoms with van der Waals surface area (Å²) in [5, 5.41) is 13.1. The molecule has 0 saturated heterocycles. The zero-order valence-electron chi connectivity index (χ0n) is 16.7. The molecule has 9 heteroatoms. The largest absolute Gasteiger partial charge is 0.466 e. The summed E-state index contributed by atoms with van der Waals surface area (Å²) in [6.07, 6.45) is 4.81. The van der Waals surface area contributed by atoms with E-state index in [-0.39, 0.29) is 32.0 Å². The van der Waals surface area contributed by atoms with Gasteiger partial charge in [-0.05, 0) is 50.2 Å². The predicted molar refractivity (Wildman–Crippen MR) is 109 cm³/mol. The maximum atomic E-state index is 12.5. The van der Waals surface area contributed by atoms with Crippen molar-refractivity contribution >= 4 is 28.5 Å². The van der Waals surface area contributed by atoms with Gasteiger partial charge in [0.1, 0.15) is 0 Å². The number of unbranched alkanes of at least 4 members (excludes halogenated alkanes) is 1. The molecule has 1 aromatic heterocycles. The van der Waals surface area contributed by atoms with Crippen LogP contribution in [0, 0.1) is 10.1 Å². The van der Waals surface area contributed by atoms with Gasteiger partial charge in [0.2, 0.25) is 5.91 Å². The predicted octanol–water partition coefficient (Wildman–Crippen LogP) is 3.36. The number of fused-ring (bicyclic) bond motifs is 2. The molecule has 0 bridgehead atoms. The third kappa shape index (κ3) is 5.88. The van der Waals surface area contributed by atoms with Crippen molar-refractivity contribution in [3.05, 3.63) is 45.6 Å². The Hall–Kier alpha value is -3.23. The Kier molecular flexibility index (Phi) is 7.53. The number of esters is 1. The van der Waals surface area contributed by atoms with Gasteiger partial charge in [-0.2, -0.15) is 0 Å². The second kappa shape index (κ2) is 10.5. The minimum absolute atomic E-state index is 0.0225. The van der Waals surface area contributed by atoms with E-state index < -0.39 is 11.1 Å². The lowest BCUT2D eigenvalue weighted by molar-refractivity contribution is -0.757. The average Bonchev–Trinajstić information content (AvgIpc) is 2.74. The van der Waals surface area contributed by atoms with Crippen LogP contribution in [0.15, 0.2) is 24.3 Å². The Labute approximate surface area is 173 Å². The van der Waals surface area contributed by atoms with E-state index in [4.69, 9.17) is 9.72 Å². The van der Waals surface area contributed by atoms with Crippen molar-refractivity contribution in [1.29, 1.82) is 0 Å². The first-order valence-corrected chi connectivity index (χ1v) is 10.2. The molecular weight excluding hydrogens is 390 g/mol. The van der Waals surface area contributed by atoms with Crippen molar-refractivity contribution in [2.45, 2.75) is 51.4 Å². The molecule has 2 aromatic rings. The van der Waals surface area contributed by atoms with Crippen LogP contribution in [-0.2, 0) is 32.0 Å². The number of aryl methyl sites for hydroxylation is 1. The Balaban J connectivity index is 1.51. The first kappa shape index (κ1) is 21.5. The number of carbonyl (C=O) groups excluding carboxylic acids is 2. The van der Waals surface area contributed by atoms with Crippen molar-refractivity contribution in [2.24, 2.45) is 0 Å². The Morgan fingerprint density at radius 3 is 2.70 bits per heavy atom. The second-order valence-electron chi connectivity index (χ2n) is 7.17. The van der Waals surface area contributed by atoms with Crippen LogP contribution in [-0.4, -0.2) is 35.2 Å². The van der Waals surface area contributed by atoms with Crippen molar-refractivity contribution in [3.8, 4) is 0 Å². The van der Waals surface area contributed by atoms with E-state index in [0.717, 1.165) is 53.5 Å². The number of benzene rings is 1. The molecule has 0 aliphatic heterocycles. The monoisotopic (exact) mass is 415 g/mol. The molecular formula is C21H25N3O6. The highest BCUT2D eigenvalue weighted by Gasteiger charge is 2.19. The molecule has 1 aliphatic rings. The molecule has 3 rings (SSSR count). The molecule has 1 amide bonds. The van der Waals surface area contributed by atoms with Crippen molar-refractivity contribution < 1.29 is 24.3 Å².